The lowest BCUT2D eigenvalue weighted by Crippen LogP contribution is -2.19. The molecule has 1 fully saturated rings. The largest absolute Gasteiger partial charge is 0.483 e. The molecular weight excluding hydrogens is 258 g/mol. The Kier molecular flexibility index (Phi) is 3.23. The number of hydrogen-bond acceptors (Lipinski definition) is 5. The van der Waals surface area contributed by atoms with Crippen molar-refractivity contribution in [1.82, 2.24) is 4.98 Å². The third-order valence-electron chi connectivity index (χ3n) is 3.62. The van der Waals surface area contributed by atoms with Crippen molar-refractivity contribution in [2.24, 2.45) is 5.73 Å². The summed E-state index contributed by atoms with van der Waals surface area (Å²) in [5.41, 5.74) is 6.42. The topological polar surface area (TPSA) is 91.3 Å². The normalized spacial score (nSPS) is 22.1. The zero-order valence-corrected chi connectivity index (χ0v) is 10.9. The summed E-state index contributed by atoms with van der Waals surface area (Å²) < 4.78 is 5.80. The lowest BCUT2D eigenvalue weighted by molar-refractivity contribution is -0.384. The molecule has 3 rings (SSSR count). The van der Waals surface area contributed by atoms with Crippen molar-refractivity contribution in [2.75, 3.05) is 0 Å². The molecule has 1 aromatic carbocycles. The van der Waals surface area contributed by atoms with Gasteiger partial charge in [-0.15, -0.1) is 0 Å². The summed E-state index contributed by atoms with van der Waals surface area (Å²) in [4.78, 5) is 15.1. The Labute approximate surface area is 115 Å². The maximum Gasteiger partial charge on any atom is 0.320 e. The van der Waals surface area contributed by atoms with Gasteiger partial charge in [-0.2, -0.15) is 0 Å². The van der Waals surface area contributed by atoms with Gasteiger partial charge < -0.3 is 10.5 Å². The molecule has 6 heteroatoms. The molecule has 1 heterocycles. The minimum Gasteiger partial charge on any atom is -0.483 e. The molecule has 104 valence electrons. The highest BCUT2D eigenvalue weighted by Crippen LogP contribution is 2.36. The number of benzene rings is 1. The molecule has 1 saturated carbocycles. The molecule has 0 saturated heterocycles. The predicted molar refractivity (Wildman–Crippen MR) is 74.6 cm³/mol. The van der Waals surface area contributed by atoms with Gasteiger partial charge in [0.1, 0.15) is 6.10 Å². The number of nitrogens with two attached hydrogens (primary N) is 1. The molecule has 2 aromatic rings. The Bertz CT molecular complexity index is 659. The van der Waals surface area contributed by atoms with Crippen LogP contribution in [0.4, 0.5) is 5.69 Å². The van der Waals surface area contributed by atoms with Crippen LogP contribution in [-0.4, -0.2) is 22.1 Å². The van der Waals surface area contributed by atoms with Gasteiger partial charge in [0, 0.05) is 12.2 Å². The monoisotopic (exact) mass is 273 g/mol. The minimum absolute atomic E-state index is 0.0175. The third kappa shape index (κ3) is 2.30. The van der Waals surface area contributed by atoms with Crippen LogP contribution in [0.25, 0.3) is 10.9 Å². The molecule has 0 spiro atoms. The maximum absolute atomic E-state index is 11.3. The number of aromatic nitrogens is 1. The van der Waals surface area contributed by atoms with E-state index in [9.17, 15) is 10.1 Å². The average molecular weight is 273 g/mol. The second-order valence-electron chi connectivity index (χ2n) is 5.05. The molecule has 0 bridgehead atoms. The lowest BCUT2D eigenvalue weighted by atomic mass is 10.1. The second-order valence-corrected chi connectivity index (χ2v) is 5.05. The van der Waals surface area contributed by atoms with Gasteiger partial charge in [0.2, 0.25) is 0 Å². The first-order valence-corrected chi connectivity index (χ1v) is 6.59. The van der Waals surface area contributed by atoms with Crippen molar-refractivity contribution in [3.63, 3.8) is 0 Å². The summed E-state index contributed by atoms with van der Waals surface area (Å²) in [5, 5.41) is 11.8. The summed E-state index contributed by atoms with van der Waals surface area (Å²) >= 11 is 0. The number of rotatable bonds is 3. The van der Waals surface area contributed by atoms with E-state index in [1.54, 1.807) is 30.5 Å². The Hall–Kier alpha value is -2.21. The zero-order chi connectivity index (χ0) is 14.1. The minimum atomic E-state index is -0.409. The van der Waals surface area contributed by atoms with Crippen LogP contribution in [0.15, 0.2) is 30.5 Å². The Morgan fingerprint density at radius 1 is 1.35 bits per heavy atom. The van der Waals surface area contributed by atoms with Crippen molar-refractivity contribution in [3.8, 4) is 5.75 Å². The van der Waals surface area contributed by atoms with Crippen LogP contribution in [0, 0.1) is 10.1 Å². The zero-order valence-electron chi connectivity index (χ0n) is 10.9. The summed E-state index contributed by atoms with van der Waals surface area (Å²) in [6.07, 6.45) is 4.04. The number of nitrogens with zero attached hydrogens (tertiary/aromatic N) is 2. The van der Waals surface area contributed by atoms with E-state index in [0.29, 0.717) is 16.7 Å². The van der Waals surface area contributed by atoms with Gasteiger partial charge in [0.15, 0.2) is 5.75 Å². The SMILES string of the molecule is NC1CCC(Oc2ccc3ncccc3c2[N+](=O)[O-])C1. The molecule has 20 heavy (non-hydrogen) atoms. The van der Waals surface area contributed by atoms with Crippen LogP contribution in [0.5, 0.6) is 5.75 Å². The molecule has 1 aliphatic rings. The third-order valence-corrected chi connectivity index (χ3v) is 3.62. The molecule has 0 amide bonds. The summed E-state index contributed by atoms with van der Waals surface area (Å²) in [6.45, 7) is 0. The van der Waals surface area contributed by atoms with E-state index in [2.05, 4.69) is 4.98 Å². The van der Waals surface area contributed by atoms with Crippen molar-refractivity contribution >= 4 is 16.6 Å². The van der Waals surface area contributed by atoms with Gasteiger partial charge in [0.05, 0.1) is 15.8 Å². The predicted octanol–water partition coefficient (Wildman–Crippen LogP) is 2.40. The van der Waals surface area contributed by atoms with Crippen LogP contribution >= 0.6 is 0 Å². The fraction of sp³-hybridized carbons (Fsp3) is 0.357. The van der Waals surface area contributed by atoms with Crippen LogP contribution in [0.1, 0.15) is 19.3 Å². The van der Waals surface area contributed by atoms with E-state index in [-0.39, 0.29) is 17.8 Å². The van der Waals surface area contributed by atoms with E-state index in [1.165, 1.54) is 0 Å². The van der Waals surface area contributed by atoms with Gasteiger partial charge in [-0.3, -0.25) is 15.1 Å². The summed E-state index contributed by atoms with van der Waals surface area (Å²) in [6, 6.07) is 6.86. The van der Waals surface area contributed by atoms with E-state index >= 15 is 0 Å². The van der Waals surface area contributed by atoms with E-state index in [4.69, 9.17) is 10.5 Å². The highest BCUT2D eigenvalue weighted by molar-refractivity contribution is 5.90. The molecule has 2 atom stereocenters. The molecule has 6 nitrogen and oxygen atoms in total. The summed E-state index contributed by atoms with van der Waals surface area (Å²) in [7, 11) is 0. The number of fused-ring (bicyclic) bond motifs is 1. The Morgan fingerprint density at radius 2 is 2.20 bits per heavy atom. The van der Waals surface area contributed by atoms with Crippen LogP contribution in [0.3, 0.4) is 0 Å². The second kappa shape index (κ2) is 5.05. The van der Waals surface area contributed by atoms with Gasteiger partial charge in [-0.25, -0.2) is 0 Å². The van der Waals surface area contributed by atoms with E-state index in [0.717, 1.165) is 19.3 Å². The molecule has 2 N–H and O–H groups in total. The van der Waals surface area contributed by atoms with Crippen molar-refractivity contribution in [2.45, 2.75) is 31.4 Å². The van der Waals surface area contributed by atoms with Crippen LogP contribution < -0.4 is 10.5 Å². The number of pyridine rings is 1. The first kappa shape index (κ1) is 12.8. The standard InChI is InChI=1S/C14H15N3O3/c15-9-3-4-10(8-9)20-13-6-5-12-11(2-1-7-16-12)14(13)17(18)19/h1-2,5-7,9-10H,3-4,8,15H2. The lowest BCUT2D eigenvalue weighted by Gasteiger charge is -2.14. The number of nitro groups is 1. The van der Waals surface area contributed by atoms with E-state index < -0.39 is 4.92 Å². The van der Waals surface area contributed by atoms with Crippen LogP contribution in [-0.2, 0) is 0 Å². The van der Waals surface area contributed by atoms with Gasteiger partial charge in [0.25, 0.3) is 0 Å². The van der Waals surface area contributed by atoms with Crippen molar-refractivity contribution < 1.29 is 9.66 Å². The van der Waals surface area contributed by atoms with Gasteiger partial charge in [-0.05, 0) is 43.5 Å². The first-order valence-electron chi connectivity index (χ1n) is 6.59. The Balaban J connectivity index is 2.01. The van der Waals surface area contributed by atoms with Gasteiger partial charge in [-0.1, -0.05) is 0 Å². The van der Waals surface area contributed by atoms with Crippen molar-refractivity contribution in [3.05, 3.63) is 40.6 Å². The molecule has 1 aromatic heterocycles. The number of ether oxygens (including phenoxy) is 1. The average Bonchev–Trinajstić information content (AvgIpc) is 2.83. The molecule has 1 aliphatic carbocycles. The molecule has 0 radical (unpaired) electrons. The molecule has 0 aliphatic heterocycles. The number of hydrogen-bond donors (Lipinski definition) is 1. The van der Waals surface area contributed by atoms with E-state index in [1.807, 2.05) is 0 Å². The highest BCUT2D eigenvalue weighted by Gasteiger charge is 2.27. The van der Waals surface area contributed by atoms with Gasteiger partial charge >= 0.3 is 5.69 Å². The fourth-order valence-electron chi connectivity index (χ4n) is 2.66. The van der Waals surface area contributed by atoms with Crippen LogP contribution in [0.2, 0.25) is 0 Å². The number of nitro benzene ring substituents is 1. The summed E-state index contributed by atoms with van der Waals surface area (Å²) in [5.74, 6) is 0.301. The highest BCUT2D eigenvalue weighted by atomic mass is 16.6. The smallest absolute Gasteiger partial charge is 0.320 e. The molecular formula is C14H15N3O3. The molecule has 2 unspecified atom stereocenters. The fourth-order valence-corrected chi connectivity index (χ4v) is 2.66. The Morgan fingerprint density at radius 3 is 2.90 bits per heavy atom. The first-order chi connectivity index (χ1) is 9.65. The quantitative estimate of drug-likeness (QED) is 0.684. The maximum atomic E-state index is 11.3. The van der Waals surface area contributed by atoms with Crippen molar-refractivity contribution in [1.29, 1.82) is 0 Å².